The average molecular weight is 427 g/mol. The molecule has 5 heteroatoms. The first-order valence-corrected chi connectivity index (χ1v) is 7.45. The normalized spacial score (nSPS) is 10.6. The summed E-state index contributed by atoms with van der Waals surface area (Å²) < 4.78 is 7.48. The van der Waals surface area contributed by atoms with Crippen LogP contribution in [0.4, 0.5) is 0 Å². The van der Waals surface area contributed by atoms with Crippen molar-refractivity contribution in [1.29, 1.82) is 0 Å². The molecule has 0 unspecified atom stereocenters. The average Bonchev–Trinajstić information content (AvgIpc) is 2.89. The number of hydrogen-bond acceptors (Lipinski definition) is 3. The summed E-state index contributed by atoms with van der Waals surface area (Å²) in [6, 6.07) is 15.8. The Morgan fingerprint density at radius 3 is 2.53 bits per heavy atom. The Balaban J connectivity index is 1.97. The second-order valence-corrected chi connectivity index (χ2v) is 6.10. The zero-order chi connectivity index (χ0) is 13.2. The molecule has 0 fully saturated rings. The molecule has 19 heavy (non-hydrogen) atoms. The van der Waals surface area contributed by atoms with Crippen molar-refractivity contribution in [2.24, 2.45) is 0 Å². The van der Waals surface area contributed by atoms with Crippen molar-refractivity contribution in [3.8, 4) is 22.8 Å². The molecule has 0 radical (unpaired) electrons. The van der Waals surface area contributed by atoms with Gasteiger partial charge >= 0.3 is 0 Å². The van der Waals surface area contributed by atoms with Gasteiger partial charge in [0, 0.05) is 19.2 Å². The van der Waals surface area contributed by atoms with Crippen LogP contribution in [0.3, 0.4) is 0 Å². The van der Waals surface area contributed by atoms with Crippen molar-refractivity contribution < 1.29 is 4.52 Å². The maximum atomic E-state index is 5.31. The minimum Gasteiger partial charge on any atom is -0.334 e. The molecule has 1 heterocycles. The van der Waals surface area contributed by atoms with Gasteiger partial charge in [-0.1, -0.05) is 27.2 Å². The third-order valence-corrected chi connectivity index (χ3v) is 3.80. The smallest absolute Gasteiger partial charge is 0.258 e. The van der Waals surface area contributed by atoms with Crippen molar-refractivity contribution in [3.63, 3.8) is 0 Å². The molecule has 94 valence electrons. The Bertz CT molecular complexity index is 709. The Morgan fingerprint density at radius 2 is 1.79 bits per heavy atom. The van der Waals surface area contributed by atoms with Crippen LogP contribution in [-0.4, -0.2) is 10.1 Å². The molecule has 0 bridgehead atoms. The minimum absolute atomic E-state index is 0.538. The lowest BCUT2D eigenvalue weighted by Crippen LogP contribution is -1.81. The number of hydrogen-bond donors (Lipinski definition) is 0. The van der Waals surface area contributed by atoms with E-state index in [4.69, 9.17) is 4.52 Å². The minimum atomic E-state index is 0.538. The van der Waals surface area contributed by atoms with E-state index in [1.165, 1.54) is 0 Å². The van der Waals surface area contributed by atoms with E-state index in [0.717, 1.165) is 19.2 Å². The summed E-state index contributed by atoms with van der Waals surface area (Å²) in [7, 11) is 0. The van der Waals surface area contributed by atoms with E-state index >= 15 is 0 Å². The van der Waals surface area contributed by atoms with E-state index < -0.39 is 0 Å². The molecular weight excluding hydrogens is 419 g/mol. The van der Waals surface area contributed by atoms with Gasteiger partial charge in [0.05, 0.1) is 0 Å². The molecule has 0 saturated carbocycles. The molecule has 3 nitrogen and oxygen atoms in total. The maximum absolute atomic E-state index is 5.31. The zero-order valence-corrected chi connectivity index (χ0v) is 13.4. The summed E-state index contributed by atoms with van der Waals surface area (Å²) in [6.45, 7) is 0. The largest absolute Gasteiger partial charge is 0.334 e. The van der Waals surface area contributed by atoms with Gasteiger partial charge in [-0.25, -0.2) is 0 Å². The standard InChI is InChI=1S/C14H8BrIN2O/c15-11-6-4-9(5-7-11)13-17-14(19-18-13)10-2-1-3-12(16)8-10/h1-8H. The van der Waals surface area contributed by atoms with E-state index in [9.17, 15) is 0 Å². The van der Waals surface area contributed by atoms with E-state index in [0.29, 0.717) is 11.7 Å². The monoisotopic (exact) mass is 426 g/mol. The Hall–Kier alpha value is -1.21. The lowest BCUT2D eigenvalue weighted by atomic mass is 10.2. The molecule has 1 aromatic heterocycles. The fraction of sp³-hybridized carbons (Fsp3) is 0. The second kappa shape index (κ2) is 5.42. The van der Waals surface area contributed by atoms with Gasteiger partial charge in [-0.2, -0.15) is 4.98 Å². The van der Waals surface area contributed by atoms with Gasteiger partial charge in [-0.15, -0.1) is 0 Å². The molecule has 3 rings (SSSR count). The first kappa shape index (κ1) is 12.8. The van der Waals surface area contributed by atoms with Gasteiger partial charge in [0.1, 0.15) is 0 Å². The summed E-state index contributed by atoms with van der Waals surface area (Å²) >= 11 is 5.66. The molecular formula is C14H8BrIN2O. The third-order valence-electron chi connectivity index (χ3n) is 2.60. The highest BCUT2D eigenvalue weighted by atomic mass is 127. The van der Waals surface area contributed by atoms with E-state index in [1.807, 2.05) is 48.5 Å². The molecule has 3 aromatic rings. The maximum Gasteiger partial charge on any atom is 0.258 e. The fourth-order valence-corrected chi connectivity index (χ4v) is 2.49. The van der Waals surface area contributed by atoms with Crippen LogP contribution in [0.25, 0.3) is 22.8 Å². The molecule has 0 amide bonds. The van der Waals surface area contributed by atoms with Crippen molar-refractivity contribution >= 4 is 38.5 Å². The summed E-state index contributed by atoms with van der Waals surface area (Å²) in [5.41, 5.74) is 1.87. The quantitative estimate of drug-likeness (QED) is 0.554. The molecule has 0 aliphatic carbocycles. The summed E-state index contributed by atoms with van der Waals surface area (Å²) in [6.07, 6.45) is 0. The van der Waals surface area contributed by atoms with Crippen LogP contribution in [-0.2, 0) is 0 Å². The number of rotatable bonds is 2. The van der Waals surface area contributed by atoms with Gasteiger partial charge in [-0.3, -0.25) is 0 Å². The number of halogens is 2. The molecule has 0 spiro atoms. The van der Waals surface area contributed by atoms with Crippen molar-refractivity contribution in [1.82, 2.24) is 10.1 Å². The van der Waals surface area contributed by atoms with Crippen molar-refractivity contribution in [2.75, 3.05) is 0 Å². The predicted octanol–water partition coefficient (Wildman–Crippen LogP) is 4.77. The first-order chi connectivity index (χ1) is 9.22. The molecule has 0 saturated heterocycles. The fourth-order valence-electron chi connectivity index (χ4n) is 1.68. The zero-order valence-electron chi connectivity index (χ0n) is 9.68. The van der Waals surface area contributed by atoms with Crippen LogP contribution in [0.5, 0.6) is 0 Å². The highest BCUT2D eigenvalue weighted by Gasteiger charge is 2.10. The van der Waals surface area contributed by atoms with Crippen LogP contribution < -0.4 is 0 Å². The number of benzene rings is 2. The van der Waals surface area contributed by atoms with E-state index in [2.05, 4.69) is 48.7 Å². The lowest BCUT2D eigenvalue weighted by Gasteiger charge is -1.95. The van der Waals surface area contributed by atoms with Crippen LogP contribution in [0.1, 0.15) is 0 Å². The van der Waals surface area contributed by atoms with Crippen LogP contribution in [0.15, 0.2) is 57.5 Å². The third kappa shape index (κ3) is 2.87. The van der Waals surface area contributed by atoms with Crippen LogP contribution in [0, 0.1) is 3.57 Å². The molecule has 0 atom stereocenters. The van der Waals surface area contributed by atoms with Crippen LogP contribution >= 0.6 is 38.5 Å². The Morgan fingerprint density at radius 1 is 1.00 bits per heavy atom. The molecule has 0 aliphatic heterocycles. The molecule has 0 N–H and O–H groups in total. The van der Waals surface area contributed by atoms with E-state index in [-0.39, 0.29) is 0 Å². The highest BCUT2D eigenvalue weighted by Crippen LogP contribution is 2.24. The highest BCUT2D eigenvalue weighted by molar-refractivity contribution is 14.1. The lowest BCUT2D eigenvalue weighted by molar-refractivity contribution is 0.432. The van der Waals surface area contributed by atoms with Crippen molar-refractivity contribution in [2.45, 2.75) is 0 Å². The molecule has 0 aliphatic rings. The van der Waals surface area contributed by atoms with Gasteiger partial charge in [-0.05, 0) is 65.1 Å². The van der Waals surface area contributed by atoms with E-state index in [1.54, 1.807) is 0 Å². The Labute approximate surface area is 132 Å². The van der Waals surface area contributed by atoms with Gasteiger partial charge in [0.25, 0.3) is 5.89 Å². The second-order valence-electron chi connectivity index (χ2n) is 3.94. The predicted molar refractivity (Wildman–Crippen MR) is 85.6 cm³/mol. The van der Waals surface area contributed by atoms with Crippen molar-refractivity contribution in [3.05, 3.63) is 56.6 Å². The van der Waals surface area contributed by atoms with Gasteiger partial charge in [0.15, 0.2) is 0 Å². The summed E-state index contributed by atoms with van der Waals surface area (Å²) in [5, 5.41) is 4.02. The van der Waals surface area contributed by atoms with Crippen LogP contribution in [0.2, 0.25) is 0 Å². The van der Waals surface area contributed by atoms with Gasteiger partial charge < -0.3 is 4.52 Å². The number of nitrogens with zero attached hydrogens (tertiary/aromatic N) is 2. The SMILES string of the molecule is Brc1ccc(-c2noc(-c3cccc(I)c3)n2)cc1. The topological polar surface area (TPSA) is 38.9 Å². The first-order valence-electron chi connectivity index (χ1n) is 5.58. The van der Waals surface area contributed by atoms with Gasteiger partial charge in [0.2, 0.25) is 5.82 Å². The molecule has 2 aromatic carbocycles. The summed E-state index contributed by atoms with van der Waals surface area (Å²) in [5.74, 6) is 1.14. The Kier molecular flexibility index (Phi) is 3.65. The number of aromatic nitrogens is 2. The summed E-state index contributed by atoms with van der Waals surface area (Å²) in [4.78, 5) is 4.43.